The molecule has 0 aromatic carbocycles. The van der Waals surface area contributed by atoms with Gasteiger partial charge >= 0.3 is 0 Å². The van der Waals surface area contributed by atoms with Gasteiger partial charge in [-0.05, 0) is 34.6 Å². The van der Waals surface area contributed by atoms with Gasteiger partial charge in [-0.3, -0.25) is 4.68 Å². The Hall–Kier alpha value is -0.900. The maximum Gasteiger partial charge on any atom is 0.109 e. The van der Waals surface area contributed by atoms with Crippen LogP contribution in [0.1, 0.15) is 37.7 Å². The zero-order valence-electron chi connectivity index (χ0n) is 10.9. The summed E-state index contributed by atoms with van der Waals surface area (Å²) >= 11 is 0. The lowest BCUT2D eigenvalue weighted by Gasteiger charge is -2.20. The SMILES string of the molecule is Cc1nn(CCF)c(C)c1CNC(C)(C)C. The molecule has 0 unspecified atom stereocenters. The van der Waals surface area contributed by atoms with Crippen LogP contribution in [0.3, 0.4) is 0 Å². The van der Waals surface area contributed by atoms with Crippen molar-refractivity contribution in [2.45, 2.75) is 53.2 Å². The predicted octanol–water partition coefficient (Wildman–Crippen LogP) is 2.36. The van der Waals surface area contributed by atoms with E-state index in [1.807, 2.05) is 13.8 Å². The van der Waals surface area contributed by atoms with Crippen LogP contribution in [0.2, 0.25) is 0 Å². The molecule has 0 saturated heterocycles. The Morgan fingerprint density at radius 1 is 1.31 bits per heavy atom. The van der Waals surface area contributed by atoms with Gasteiger partial charge in [0.15, 0.2) is 0 Å². The summed E-state index contributed by atoms with van der Waals surface area (Å²) < 4.78 is 14.0. The highest BCUT2D eigenvalue weighted by atomic mass is 19.1. The first-order valence-corrected chi connectivity index (χ1v) is 5.69. The first-order valence-electron chi connectivity index (χ1n) is 5.69. The van der Waals surface area contributed by atoms with Gasteiger partial charge in [-0.25, -0.2) is 4.39 Å². The van der Waals surface area contributed by atoms with E-state index < -0.39 is 0 Å². The fraction of sp³-hybridized carbons (Fsp3) is 0.750. The first-order chi connectivity index (χ1) is 7.35. The van der Waals surface area contributed by atoms with Crippen molar-refractivity contribution >= 4 is 0 Å². The van der Waals surface area contributed by atoms with Crippen LogP contribution < -0.4 is 5.32 Å². The summed E-state index contributed by atoms with van der Waals surface area (Å²) in [4.78, 5) is 0. The van der Waals surface area contributed by atoms with E-state index in [2.05, 4.69) is 31.2 Å². The minimum atomic E-state index is -0.367. The number of aryl methyl sites for hydroxylation is 2. The maximum atomic E-state index is 12.3. The van der Waals surface area contributed by atoms with Crippen molar-refractivity contribution in [3.63, 3.8) is 0 Å². The van der Waals surface area contributed by atoms with E-state index in [0.717, 1.165) is 17.9 Å². The number of aromatic nitrogens is 2. The third kappa shape index (κ3) is 3.30. The Morgan fingerprint density at radius 2 is 1.94 bits per heavy atom. The molecule has 0 bridgehead atoms. The molecule has 0 spiro atoms. The summed E-state index contributed by atoms with van der Waals surface area (Å²) in [7, 11) is 0. The number of rotatable bonds is 4. The highest BCUT2D eigenvalue weighted by Crippen LogP contribution is 2.14. The van der Waals surface area contributed by atoms with Gasteiger partial charge in [0.1, 0.15) is 6.67 Å². The van der Waals surface area contributed by atoms with E-state index in [1.165, 1.54) is 5.56 Å². The average molecular weight is 227 g/mol. The number of hydrogen-bond donors (Lipinski definition) is 1. The molecule has 1 aromatic rings. The van der Waals surface area contributed by atoms with E-state index in [1.54, 1.807) is 4.68 Å². The summed E-state index contributed by atoms with van der Waals surface area (Å²) in [5.74, 6) is 0. The predicted molar refractivity (Wildman–Crippen MR) is 64.3 cm³/mol. The minimum Gasteiger partial charge on any atom is -0.308 e. The van der Waals surface area contributed by atoms with Gasteiger partial charge in [0.25, 0.3) is 0 Å². The molecule has 0 amide bonds. The second-order valence-corrected chi connectivity index (χ2v) is 5.17. The summed E-state index contributed by atoms with van der Waals surface area (Å²) in [5.41, 5.74) is 3.32. The van der Waals surface area contributed by atoms with Crippen molar-refractivity contribution in [1.29, 1.82) is 0 Å². The highest BCUT2D eigenvalue weighted by molar-refractivity contribution is 5.24. The quantitative estimate of drug-likeness (QED) is 0.855. The van der Waals surface area contributed by atoms with Crippen molar-refractivity contribution in [2.75, 3.05) is 6.67 Å². The largest absolute Gasteiger partial charge is 0.308 e. The Kier molecular flexibility index (Phi) is 4.08. The Morgan fingerprint density at radius 3 is 2.44 bits per heavy atom. The summed E-state index contributed by atoms with van der Waals surface area (Å²) in [6.07, 6.45) is 0. The minimum absolute atomic E-state index is 0.0844. The molecule has 3 nitrogen and oxygen atoms in total. The van der Waals surface area contributed by atoms with Crippen LogP contribution >= 0.6 is 0 Å². The molecule has 4 heteroatoms. The van der Waals surface area contributed by atoms with Crippen LogP contribution in [-0.2, 0) is 13.1 Å². The van der Waals surface area contributed by atoms with Gasteiger partial charge < -0.3 is 5.32 Å². The lowest BCUT2D eigenvalue weighted by atomic mass is 10.1. The topological polar surface area (TPSA) is 29.9 Å². The molecule has 1 aromatic heterocycles. The third-order valence-electron chi connectivity index (χ3n) is 2.62. The van der Waals surface area contributed by atoms with E-state index in [0.29, 0.717) is 6.54 Å². The number of hydrogen-bond acceptors (Lipinski definition) is 2. The number of nitrogens with one attached hydrogen (secondary N) is 1. The van der Waals surface area contributed by atoms with Crippen LogP contribution in [0.5, 0.6) is 0 Å². The molecule has 16 heavy (non-hydrogen) atoms. The van der Waals surface area contributed by atoms with Gasteiger partial charge in [-0.2, -0.15) is 5.10 Å². The third-order valence-corrected chi connectivity index (χ3v) is 2.62. The molecule has 0 atom stereocenters. The summed E-state index contributed by atoms with van der Waals surface area (Å²) in [6.45, 7) is 11.1. The monoisotopic (exact) mass is 227 g/mol. The van der Waals surface area contributed by atoms with Gasteiger partial charge in [0.05, 0.1) is 12.2 Å². The Bertz CT molecular complexity index is 350. The van der Waals surface area contributed by atoms with Crippen LogP contribution in [0, 0.1) is 13.8 Å². The molecule has 0 aliphatic heterocycles. The zero-order chi connectivity index (χ0) is 12.3. The van der Waals surface area contributed by atoms with Crippen LogP contribution in [-0.4, -0.2) is 22.0 Å². The molecule has 0 aliphatic carbocycles. The van der Waals surface area contributed by atoms with Crippen molar-refractivity contribution in [1.82, 2.24) is 15.1 Å². The van der Waals surface area contributed by atoms with Crippen LogP contribution in [0.4, 0.5) is 4.39 Å². The fourth-order valence-corrected chi connectivity index (χ4v) is 1.64. The van der Waals surface area contributed by atoms with Crippen molar-refractivity contribution in [3.05, 3.63) is 17.0 Å². The van der Waals surface area contributed by atoms with Crippen molar-refractivity contribution in [2.24, 2.45) is 0 Å². The van der Waals surface area contributed by atoms with Gasteiger partial charge in [-0.1, -0.05) is 0 Å². The maximum absolute atomic E-state index is 12.3. The zero-order valence-corrected chi connectivity index (χ0v) is 10.9. The van der Waals surface area contributed by atoms with Gasteiger partial charge in [0.2, 0.25) is 0 Å². The number of nitrogens with zero attached hydrogens (tertiary/aromatic N) is 2. The van der Waals surface area contributed by atoms with Crippen molar-refractivity contribution < 1.29 is 4.39 Å². The standard InChI is InChI=1S/C12H22FN3/c1-9-11(8-14-12(3,4)5)10(2)16(15-9)7-6-13/h14H,6-8H2,1-5H3. The Labute approximate surface area is 97.0 Å². The molecule has 92 valence electrons. The average Bonchev–Trinajstić information content (AvgIpc) is 2.39. The van der Waals surface area contributed by atoms with Gasteiger partial charge in [0, 0.05) is 23.3 Å². The van der Waals surface area contributed by atoms with E-state index in [9.17, 15) is 4.39 Å². The molecule has 1 heterocycles. The van der Waals surface area contributed by atoms with Crippen LogP contribution in [0.25, 0.3) is 0 Å². The Balaban J connectivity index is 2.80. The molecule has 0 saturated carbocycles. The normalized spacial score (nSPS) is 12.1. The number of alkyl halides is 1. The molecule has 0 aliphatic rings. The lowest BCUT2D eigenvalue weighted by molar-refractivity contribution is 0.417. The molecule has 1 rings (SSSR count). The molecule has 0 fully saturated rings. The van der Waals surface area contributed by atoms with Crippen LogP contribution in [0.15, 0.2) is 0 Å². The summed E-state index contributed by atoms with van der Waals surface area (Å²) in [5, 5.41) is 7.77. The second-order valence-electron chi connectivity index (χ2n) is 5.17. The van der Waals surface area contributed by atoms with E-state index in [4.69, 9.17) is 0 Å². The molecular weight excluding hydrogens is 205 g/mol. The lowest BCUT2D eigenvalue weighted by Crippen LogP contribution is -2.35. The molecule has 1 N–H and O–H groups in total. The summed E-state index contributed by atoms with van der Waals surface area (Å²) in [6, 6.07) is 0. The first kappa shape index (κ1) is 13.2. The van der Waals surface area contributed by atoms with Crippen molar-refractivity contribution in [3.8, 4) is 0 Å². The highest BCUT2D eigenvalue weighted by Gasteiger charge is 2.14. The van der Waals surface area contributed by atoms with Gasteiger partial charge in [-0.15, -0.1) is 0 Å². The molecular formula is C12H22FN3. The fourth-order valence-electron chi connectivity index (χ4n) is 1.64. The molecule has 0 radical (unpaired) electrons. The smallest absolute Gasteiger partial charge is 0.109 e. The second kappa shape index (κ2) is 4.95. The van der Waals surface area contributed by atoms with E-state index in [-0.39, 0.29) is 12.2 Å². The number of halogens is 1. The van der Waals surface area contributed by atoms with E-state index >= 15 is 0 Å².